The molecule has 2 nitrogen and oxygen atoms in total. The van der Waals surface area contributed by atoms with Crippen LogP contribution in [0.2, 0.25) is 0 Å². The standard InChI is InChI=1S/C28H47FO2/c1-2-3-4-5-21-6-10-25(11-7-21)27-19-30-28(31-20-27)26-16-14-24(15-17-26)23-12-8-22(18-29)9-13-23/h14,21-23,25-28H,2-13,15-20H2,1H3. The minimum atomic E-state index is -0.119. The molecule has 3 fully saturated rings. The van der Waals surface area contributed by atoms with Crippen LogP contribution < -0.4 is 0 Å². The van der Waals surface area contributed by atoms with Crippen LogP contribution in [0.5, 0.6) is 0 Å². The molecule has 4 aliphatic rings. The molecule has 1 atom stereocenters. The lowest BCUT2D eigenvalue weighted by atomic mass is 9.74. The highest BCUT2D eigenvalue weighted by Gasteiger charge is 2.35. The molecule has 0 radical (unpaired) electrons. The monoisotopic (exact) mass is 434 g/mol. The highest BCUT2D eigenvalue weighted by molar-refractivity contribution is 5.12. The Hall–Kier alpha value is -0.410. The molecular formula is C28H47FO2. The molecule has 2 saturated carbocycles. The number of unbranched alkanes of at least 4 members (excludes halogenated alkanes) is 2. The van der Waals surface area contributed by atoms with Gasteiger partial charge in [-0.1, -0.05) is 57.1 Å². The summed E-state index contributed by atoms with van der Waals surface area (Å²) in [7, 11) is 0. The van der Waals surface area contributed by atoms with E-state index in [0.29, 0.717) is 17.8 Å². The van der Waals surface area contributed by atoms with Gasteiger partial charge in [-0.3, -0.25) is 4.39 Å². The molecule has 1 unspecified atom stereocenters. The van der Waals surface area contributed by atoms with E-state index in [1.54, 1.807) is 5.57 Å². The maximum Gasteiger partial charge on any atom is 0.160 e. The average molecular weight is 435 g/mol. The van der Waals surface area contributed by atoms with Crippen LogP contribution in [0, 0.1) is 35.5 Å². The van der Waals surface area contributed by atoms with Gasteiger partial charge in [0.15, 0.2) is 6.29 Å². The third-order valence-electron chi connectivity index (χ3n) is 9.18. The third-order valence-corrected chi connectivity index (χ3v) is 9.18. The summed E-state index contributed by atoms with van der Waals surface area (Å²) in [6.07, 6.45) is 21.8. The number of hydrogen-bond acceptors (Lipinski definition) is 2. The molecule has 31 heavy (non-hydrogen) atoms. The molecule has 0 aromatic heterocycles. The number of rotatable bonds is 8. The van der Waals surface area contributed by atoms with Crippen molar-refractivity contribution < 1.29 is 13.9 Å². The minimum Gasteiger partial charge on any atom is -0.352 e. The molecule has 0 aromatic rings. The number of alkyl halides is 1. The second-order valence-corrected chi connectivity index (χ2v) is 11.3. The predicted octanol–water partition coefficient (Wildman–Crippen LogP) is 7.86. The van der Waals surface area contributed by atoms with Gasteiger partial charge in [0.25, 0.3) is 0 Å². The van der Waals surface area contributed by atoms with Crippen molar-refractivity contribution in [2.75, 3.05) is 19.9 Å². The predicted molar refractivity (Wildman–Crippen MR) is 126 cm³/mol. The Bertz CT molecular complexity index is 537. The zero-order valence-electron chi connectivity index (χ0n) is 20.0. The van der Waals surface area contributed by atoms with Crippen LogP contribution in [0.25, 0.3) is 0 Å². The fourth-order valence-corrected chi connectivity index (χ4v) is 6.89. The molecule has 3 heteroatoms. The summed E-state index contributed by atoms with van der Waals surface area (Å²) in [5.74, 6) is 4.01. The van der Waals surface area contributed by atoms with Gasteiger partial charge in [-0.2, -0.15) is 0 Å². The molecule has 0 bridgehead atoms. The summed E-state index contributed by atoms with van der Waals surface area (Å²) in [5, 5.41) is 0. The van der Waals surface area contributed by atoms with Crippen LogP contribution in [0.3, 0.4) is 0 Å². The summed E-state index contributed by atoms with van der Waals surface area (Å²) in [5.41, 5.74) is 1.65. The Morgan fingerprint density at radius 2 is 1.52 bits per heavy atom. The second-order valence-electron chi connectivity index (χ2n) is 11.3. The van der Waals surface area contributed by atoms with Gasteiger partial charge in [0.1, 0.15) is 0 Å². The molecule has 0 amide bonds. The number of ether oxygens (including phenoxy) is 2. The van der Waals surface area contributed by atoms with Crippen molar-refractivity contribution in [1.82, 2.24) is 0 Å². The lowest BCUT2D eigenvalue weighted by molar-refractivity contribution is -0.233. The molecule has 0 N–H and O–H groups in total. The SMILES string of the molecule is CCCCCC1CCC(C2COC(C3CC=C(C4CCC(CF)CC4)CC3)OC2)CC1. The van der Waals surface area contributed by atoms with Crippen molar-refractivity contribution in [2.24, 2.45) is 35.5 Å². The Labute approximate surface area is 190 Å². The fraction of sp³-hybridized carbons (Fsp3) is 0.929. The Kier molecular flexibility index (Phi) is 9.32. The quantitative estimate of drug-likeness (QED) is 0.286. The van der Waals surface area contributed by atoms with E-state index in [1.165, 1.54) is 77.0 Å². The van der Waals surface area contributed by atoms with Gasteiger partial charge in [0, 0.05) is 11.8 Å². The molecule has 4 rings (SSSR count). The van der Waals surface area contributed by atoms with Gasteiger partial charge in [-0.25, -0.2) is 0 Å². The van der Waals surface area contributed by atoms with Crippen LogP contribution in [0.4, 0.5) is 4.39 Å². The van der Waals surface area contributed by atoms with Crippen LogP contribution in [0.1, 0.15) is 103 Å². The molecule has 0 aromatic carbocycles. The summed E-state index contributed by atoms with van der Waals surface area (Å²) >= 11 is 0. The van der Waals surface area contributed by atoms with Gasteiger partial charge in [0.2, 0.25) is 0 Å². The number of hydrogen-bond donors (Lipinski definition) is 0. The van der Waals surface area contributed by atoms with Gasteiger partial charge in [-0.15, -0.1) is 0 Å². The number of allylic oxidation sites excluding steroid dienone is 2. The van der Waals surface area contributed by atoms with Gasteiger partial charge >= 0.3 is 0 Å². The van der Waals surface area contributed by atoms with Crippen LogP contribution in [0.15, 0.2) is 11.6 Å². The van der Waals surface area contributed by atoms with Gasteiger partial charge in [-0.05, 0) is 81.5 Å². The van der Waals surface area contributed by atoms with E-state index in [0.717, 1.165) is 50.2 Å². The topological polar surface area (TPSA) is 18.5 Å². The van der Waals surface area contributed by atoms with Crippen LogP contribution in [-0.2, 0) is 9.47 Å². The van der Waals surface area contributed by atoms with E-state index in [1.807, 2.05) is 0 Å². The van der Waals surface area contributed by atoms with Crippen molar-refractivity contribution in [3.63, 3.8) is 0 Å². The Balaban J connectivity index is 1.15. The van der Waals surface area contributed by atoms with Crippen molar-refractivity contribution >= 4 is 0 Å². The Morgan fingerprint density at radius 3 is 2.13 bits per heavy atom. The lowest BCUT2D eigenvalue weighted by Gasteiger charge is -2.40. The highest BCUT2D eigenvalue weighted by Crippen LogP contribution is 2.41. The molecule has 3 aliphatic carbocycles. The molecule has 1 saturated heterocycles. The molecule has 1 aliphatic heterocycles. The molecule has 178 valence electrons. The van der Waals surface area contributed by atoms with E-state index in [4.69, 9.17) is 9.47 Å². The van der Waals surface area contributed by atoms with Crippen molar-refractivity contribution in [2.45, 2.75) is 110 Å². The van der Waals surface area contributed by atoms with E-state index in [2.05, 4.69) is 13.0 Å². The summed E-state index contributed by atoms with van der Waals surface area (Å²) in [4.78, 5) is 0. The van der Waals surface area contributed by atoms with E-state index < -0.39 is 0 Å². The van der Waals surface area contributed by atoms with Crippen LogP contribution in [-0.4, -0.2) is 26.2 Å². The van der Waals surface area contributed by atoms with Crippen molar-refractivity contribution in [1.29, 1.82) is 0 Å². The van der Waals surface area contributed by atoms with E-state index in [-0.39, 0.29) is 13.0 Å². The third kappa shape index (κ3) is 6.56. The zero-order chi connectivity index (χ0) is 21.5. The van der Waals surface area contributed by atoms with E-state index in [9.17, 15) is 4.39 Å². The first-order valence-corrected chi connectivity index (χ1v) is 13.7. The zero-order valence-corrected chi connectivity index (χ0v) is 20.0. The average Bonchev–Trinajstić information content (AvgIpc) is 2.85. The maximum atomic E-state index is 12.9. The first-order valence-electron chi connectivity index (χ1n) is 13.7. The Morgan fingerprint density at radius 1 is 0.806 bits per heavy atom. The lowest BCUT2D eigenvalue weighted by Crippen LogP contribution is -2.41. The minimum absolute atomic E-state index is 0.0155. The first-order chi connectivity index (χ1) is 15.3. The fourth-order valence-electron chi connectivity index (χ4n) is 6.89. The molecule has 1 heterocycles. The summed E-state index contributed by atoms with van der Waals surface area (Å²) in [6, 6.07) is 0. The molecular weight excluding hydrogens is 387 g/mol. The first kappa shape index (κ1) is 23.7. The number of halogens is 1. The maximum absolute atomic E-state index is 12.9. The van der Waals surface area contributed by atoms with Crippen molar-refractivity contribution in [3.05, 3.63) is 11.6 Å². The smallest absolute Gasteiger partial charge is 0.160 e. The summed E-state index contributed by atoms with van der Waals surface area (Å²) < 4.78 is 25.5. The second kappa shape index (κ2) is 12.2. The highest BCUT2D eigenvalue weighted by atomic mass is 19.1. The van der Waals surface area contributed by atoms with Gasteiger partial charge < -0.3 is 9.47 Å². The van der Waals surface area contributed by atoms with Crippen molar-refractivity contribution in [3.8, 4) is 0 Å². The van der Waals surface area contributed by atoms with Gasteiger partial charge in [0.05, 0.1) is 19.9 Å². The van der Waals surface area contributed by atoms with E-state index >= 15 is 0 Å². The summed E-state index contributed by atoms with van der Waals surface area (Å²) in [6.45, 7) is 4.01. The molecule has 0 spiro atoms. The van der Waals surface area contributed by atoms with Crippen LogP contribution >= 0.6 is 0 Å². The largest absolute Gasteiger partial charge is 0.352 e. The normalized spacial score (nSPS) is 39.8.